The van der Waals surface area contributed by atoms with Crippen molar-refractivity contribution < 1.29 is 4.79 Å². The smallest absolute Gasteiger partial charge is 0.355 e. The van der Waals surface area contributed by atoms with E-state index < -0.39 is 0 Å². The number of nitrogens with one attached hydrogen (secondary N) is 1. The number of likely N-dealkylation sites (N-methyl/N-ethyl adjacent to an activating group) is 1. The number of carbonyl (C=O) groups is 1. The second-order valence-corrected chi connectivity index (χ2v) is 8.76. The SMILES string of the molecule is CN1CCN(CCC(=O)Nc2ccc(-c3cn4c(=O)n(-c5ccccc5)nc4c(N)n3)cc2)CC1. The minimum absolute atomic E-state index is 0.0136. The number of fused-ring (bicyclic) bond motifs is 1. The molecule has 1 saturated heterocycles. The van der Waals surface area contributed by atoms with E-state index in [1.807, 2.05) is 42.5 Å². The number of hydrogen-bond acceptors (Lipinski definition) is 7. The van der Waals surface area contributed by atoms with Crippen LogP contribution in [0, 0.1) is 0 Å². The number of nitrogens with zero attached hydrogens (tertiary/aromatic N) is 6. The molecular weight excluding hydrogens is 444 g/mol. The highest BCUT2D eigenvalue weighted by Crippen LogP contribution is 2.22. The van der Waals surface area contributed by atoms with Gasteiger partial charge in [-0.25, -0.2) is 14.2 Å². The summed E-state index contributed by atoms with van der Waals surface area (Å²) in [6.07, 6.45) is 2.08. The number of carbonyl (C=O) groups excluding carboxylic acids is 1. The Labute approximate surface area is 202 Å². The van der Waals surface area contributed by atoms with Crippen LogP contribution in [0.5, 0.6) is 0 Å². The molecule has 0 bridgehead atoms. The Bertz CT molecular complexity index is 1390. The summed E-state index contributed by atoms with van der Waals surface area (Å²) in [7, 11) is 2.12. The minimum atomic E-state index is -0.328. The topological polar surface area (TPSA) is 114 Å². The van der Waals surface area contributed by atoms with E-state index in [4.69, 9.17) is 5.73 Å². The molecule has 2 aromatic heterocycles. The van der Waals surface area contributed by atoms with Crippen LogP contribution in [0.1, 0.15) is 6.42 Å². The quantitative estimate of drug-likeness (QED) is 0.439. The van der Waals surface area contributed by atoms with E-state index in [9.17, 15) is 9.59 Å². The molecule has 3 N–H and O–H groups in total. The normalized spacial score (nSPS) is 14.9. The summed E-state index contributed by atoms with van der Waals surface area (Å²) in [4.78, 5) is 34.4. The third-order valence-corrected chi connectivity index (χ3v) is 6.25. The van der Waals surface area contributed by atoms with Crippen molar-refractivity contribution in [3.8, 4) is 16.9 Å². The summed E-state index contributed by atoms with van der Waals surface area (Å²) in [6, 6.07) is 16.5. The fraction of sp³-hybridized carbons (Fsp3) is 0.280. The molecule has 10 heteroatoms. The maximum absolute atomic E-state index is 13.0. The molecule has 0 atom stereocenters. The van der Waals surface area contributed by atoms with Crippen LogP contribution in [-0.4, -0.2) is 74.6 Å². The third kappa shape index (κ3) is 4.93. The van der Waals surface area contributed by atoms with Crippen LogP contribution in [0.15, 0.2) is 65.6 Å². The fourth-order valence-corrected chi connectivity index (χ4v) is 4.16. The molecule has 0 saturated carbocycles. The van der Waals surface area contributed by atoms with Gasteiger partial charge in [0.15, 0.2) is 5.82 Å². The van der Waals surface area contributed by atoms with Crippen molar-refractivity contribution >= 4 is 23.1 Å². The fourth-order valence-electron chi connectivity index (χ4n) is 4.16. The highest BCUT2D eigenvalue weighted by Gasteiger charge is 2.16. The molecule has 1 aliphatic rings. The van der Waals surface area contributed by atoms with Gasteiger partial charge in [0.25, 0.3) is 0 Å². The molecule has 4 aromatic rings. The van der Waals surface area contributed by atoms with E-state index in [2.05, 4.69) is 32.2 Å². The standard InChI is InChI=1S/C25H28N8O2/c1-30-13-15-31(16-14-30)12-11-22(34)27-19-9-7-18(8-10-19)21-17-32-24(23(26)28-21)29-33(25(32)35)20-5-3-2-4-6-20/h2-10,17H,11-16H2,1H3,(H2,26,28)(H,27,34). The average Bonchev–Trinajstić information content (AvgIpc) is 3.21. The number of aromatic nitrogens is 4. The molecule has 1 fully saturated rings. The van der Waals surface area contributed by atoms with Crippen LogP contribution in [0.4, 0.5) is 11.5 Å². The molecule has 0 aliphatic carbocycles. The Morgan fingerprint density at radius 2 is 1.74 bits per heavy atom. The Morgan fingerprint density at radius 1 is 1.03 bits per heavy atom. The van der Waals surface area contributed by atoms with Crippen LogP contribution in [0.2, 0.25) is 0 Å². The maximum atomic E-state index is 13.0. The molecule has 5 rings (SSSR count). The van der Waals surface area contributed by atoms with Crippen molar-refractivity contribution in [2.75, 3.05) is 50.8 Å². The first-order valence-corrected chi connectivity index (χ1v) is 11.6. The Morgan fingerprint density at radius 3 is 2.46 bits per heavy atom. The second-order valence-electron chi connectivity index (χ2n) is 8.76. The van der Waals surface area contributed by atoms with E-state index in [0.29, 0.717) is 29.1 Å². The van der Waals surface area contributed by atoms with Gasteiger partial charge < -0.3 is 20.9 Å². The predicted octanol–water partition coefficient (Wildman–Crippen LogP) is 1.71. The Hall–Kier alpha value is -4.02. The van der Waals surface area contributed by atoms with Crippen molar-refractivity contribution in [1.82, 2.24) is 29.0 Å². The van der Waals surface area contributed by atoms with Gasteiger partial charge in [-0.3, -0.25) is 4.79 Å². The molecule has 10 nitrogen and oxygen atoms in total. The third-order valence-electron chi connectivity index (χ3n) is 6.25. The zero-order chi connectivity index (χ0) is 24.4. The molecule has 1 amide bonds. The van der Waals surface area contributed by atoms with Crippen molar-refractivity contribution in [2.24, 2.45) is 0 Å². The van der Waals surface area contributed by atoms with E-state index >= 15 is 0 Å². The number of nitrogen functional groups attached to an aromatic ring is 1. The number of para-hydroxylation sites is 1. The molecule has 1 aliphatic heterocycles. The van der Waals surface area contributed by atoms with Crippen molar-refractivity contribution in [2.45, 2.75) is 6.42 Å². The Balaban J connectivity index is 1.29. The number of rotatable bonds is 6. The zero-order valence-electron chi connectivity index (χ0n) is 19.6. The number of benzene rings is 2. The van der Waals surface area contributed by atoms with Gasteiger partial charge in [-0.05, 0) is 31.3 Å². The molecule has 2 aromatic carbocycles. The molecular formula is C25H28N8O2. The highest BCUT2D eigenvalue weighted by atomic mass is 16.2. The molecule has 35 heavy (non-hydrogen) atoms. The summed E-state index contributed by atoms with van der Waals surface area (Å²) < 4.78 is 2.71. The van der Waals surface area contributed by atoms with Gasteiger partial charge >= 0.3 is 5.69 Å². The second kappa shape index (κ2) is 9.69. The van der Waals surface area contributed by atoms with Crippen LogP contribution < -0.4 is 16.7 Å². The van der Waals surface area contributed by atoms with Gasteiger partial charge in [-0.1, -0.05) is 30.3 Å². The first-order chi connectivity index (χ1) is 17.0. The summed E-state index contributed by atoms with van der Waals surface area (Å²) in [5.74, 6) is 0.149. The van der Waals surface area contributed by atoms with Crippen LogP contribution in [0.3, 0.4) is 0 Å². The molecule has 0 radical (unpaired) electrons. The zero-order valence-corrected chi connectivity index (χ0v) is 19.6. The lowest BCUT2D eigenvalue weighted by atomic mass is 10.1. The van der Waals surface area contributed by atoms with E-state index in [1.54, 1.807) is 18.3 Å². The maximum Gasteiger partial charge on any atom is 0.355 e. The van der Waals surface area contributed by atoms with Crippen molar-refractivity contribution in [1.29, 1.82) is 0 Å². The number of anilines is 2. The van der Waals surface area contributed by atoms with Gasteiger partial charge in [0.1, 0.15) is 0 Å². The largest absolute Gasteiger partial charge is 0.381 e. The van der Waals surface area contributed by atoms with E-state index in [1.165, 1.54) is 9.08 Å². The van der Waals surface area contributed by atoms with Crippen LogP contribution >= 0.6 is 0 Å². The van der Waals surface area contributed by atoms with Gasteiger partial charge in [0.05, 0.1) is 11.4 Å². The summed E-state index contributed by atoms with van der Waals surface area (Å²) >= 11 is 0. The van der Waals surface area contributed by atoms with Crippen molar-refractivity contribution in [3.63, 3.8) is 0 Å². The van der Waals surface area contributed by atoms with E-state index in [0.717, 1.165) is 38.3 Å². The number of amides is 1. The molecule has 0 spiro atoms. The minimum Gasteiger partial charge on any atom is -0.381 e. The predicted molar refractivity (Wildman–Crippen MR) is 136 cm³/mol. The average molecular weight is 473 g/mol. The number of hydrogen-bond donors (Lipinski definition) is 2. The first kappa shape index (κ1) is 22.8. The van der Waals surface area contributed by atoms with Crippen molar-refractivity contribution in [3.05, 3.63) is 71.3 Å². The van der Waals surface area contributed by atoms with Gasteiger partial charge in [-0.2, -0.15) is 4.68 Å². The van der Waals surface area contributed by atoms with Gasteiger partial charge in [0, 0.05) is 56.6 Å². The lowest BCUT2D eigenvalue weighted by Crippen LogP contribution is -2.45. The molecule has 180 valence electrons. The molecule has 0 unspecified atom stereocenters. The lowest BCUT2D eigenvalue weighted by molar-refractivity contribution is -0.116. The van der Waals surface area contributed by atoms with Crippen LogP contribution in [-0.2, 0) is 4.79 Å². The first-order valence-electron chi connectivity index (χ1n) is 11.6. The summed E-state index contributed by atoms with van der Waals surface area (Å²) in [6.45, 7) is 4.81. The molecule has 3 heterocycles. The van der Waals surface area contributed by atoms with Gasteiger partial charge in [-0.15, -0.1) is 5.10 Å². The highest BCUT2D eigenvalue weighted by molar-refractivity contribution is 5.91. The number of nitrogens with two attached hydrogens (primary N) is 1. The lowest BCUT2D eigenvalue weighted by Gasteiger charge is -2.32. The Kier molecular flexibility index (Phi) is 6.30. The van der Waals surface area contributed by atoms with E-state index in [-0.39, 0.29) is 17.4 Å². The van der Waals surface area contributed by atoms with Crippen LogP contribution in [0.25, 0.3) is 22.6 Å². The number of piperazine rings is 1. The summed E-state index contributed by atoms with van der Waals surface area (Å²) in [5.41, 5.74) is 8.78. The van der Waals surface area contributed by atoms with Gasteiger partial charge in [0.2, 0.25) is 11.6 Å². The summed E-state index contributed by atoms with van der Waals surface area (Å²) in [5, 5.41) is 7.30. The monoisotopic (exact) mass is 472 g/mol.